The first-order valence-electron chi connectivity index (χ1n) is 21.1. The Labute approximate surface area is 354 Å². The molecule has 0 aliphatic rings. The van der Waals surface area contributed by atoms with E-state index in [-0.39, 0.29) is 33.6 Å². The molecule has 1 atom stereocenters. The zero-order valence-corrected chi connectivity index (χ0v) is 36.2. The number of azo groups is 1. The van der Waals surface area contributed by atoms with Crippen molar-refractivity contribution in [1.29, 1.82) is 0 Å². The summed E-state index contributed by atoms with van der Waals surface area (Å²) in [5.41, 5.74) is 1.08. The maximum Gasteiger partial charge on any atom is 0.294 e. The molecule has 5 N–H and O–H groups in total. The molecule has 14 heteroatoms. The lowest BCUT2D eigenvalue weighted by Crippen LogP contribution is -2.19. The second-order valence-electron chi connectivity index (χ2n) is 15.6. The first-order chi connectivity index (χ1) is 28.7. The quantitative estimate of drug-likeness (QED) is 0.0228. The van der Waals surface area contributed by atoms with Crippen LogP contribution in [0.15, 0.2) is 105 Å². The third-order valence-electron chi connectivity index (χ3n) is 10.8. The molecule has 0 heterocycles. The first kappa shape index (κ1) is 46.2. The fraction of sp³-hybridized carbons (Fsp3) is 0.413. The van der Waals surface area contributed by atoms with Gasteiger partial charge >= 0.3 is 0 Å². The minimum absolute atomic E-state index is 0.0137. The number of fused-ring (bicyclic) bond motifs is 2. The molecular formula is C46H58N4O8S2. The van der Waals surface area contributed by atoms with Gasteiger partial charge in [-0.3, -0.25) is 13.9 Å². The number of hydrogen-bond donors (Lipinski definition) is 5. The third kappa shape index (κ3) is 13.6. The highest BCUT2D eigenvalue weighted by atomic mass is 32.2. The van der Waals surface area contributed by atoms with E-state index >= 15 is 0 Å². The Morgan fingerprint density at radius 3 is 1.77 bits per heavy atom. The summed E-state index contributed by atoms with van der Waals surface area (Å²) in [6.07, 6.45) is 20.1. The van der Waals surface area contributed by atoms with Gasteiger partial charge in [-0.05, 0) is 72.6 Å². The summed E-state index contributed by atoms with van der Waals surface area (Å²) in [5, 5.41) is 28.3. The van der Waals surface area contributed by atoms with Crippen molar-refractivity contribution in [3.05, 3.63) is 90.5 Å². The first-order valence-corrected chi connectivity index (χ1v) is 24.0. The predicted octanol–water partition coefficient (Wildman–Crippen LogP) is 12.9. The Balaban J connectivity index is 1.22. The number of phenolic OH excluding ortho intramolecular Hbond substituents is 1. The van der Waals surface area contributed by atoms with Crippen LogP contribution in [0.1, 0.15) is 127 Å². The standard InChI is InChI=1S/C46H58N4O8S2/c1-3-4-5-6-7-8-9-10-11-12-13-14-15-16-17-20-33(2)47-42-28-27-38(60(56,57)58)31-44(42)48-46(52)41-32-43(39-21-18-19-22-40(39)45(41)51)50-49-36-25-23-35-30-37(59(53,54)55)26-24-34(35)29-36/h18-19,21-33,47,51H,3-17,20H2,1-2H3,(H,48,52)(H,53,54,55)(H,56,57,58). The van der Waals surface area contributed by atoms with Crippen LogP contribution in [0.25, 0.3) is 21.5 Å². The second-order valence-corrected chi connectivity index (χ2v) is 18.5. The Bertz CT molecular complexity index is 2490. The third-order valence-corrected chi connectivity index (χ3v) is 12.5. The molecule has 12 nitrogen and oxygen atoms in total. The van der Waals surface area contributed by atoms with Crippen molar-refractivity contribution in [2.75, 3.05) is 10.6 Å². The van der Waals surface area contributed by atoms with Crippen LogP contribution in [0.2, 0.25) is 0 Å². The van der Waals surface area contributed by atoms with Crippen molar-refractivity contribution >= 4 is 70.4 Å². The van der Waals surface area contributed by atoms with Gasteiger partial charge in [-0.15, -0.1) is 5.11 Å². The Morgan fingerprint density at radius 1 is 0.617 bits per heavy atom. The van der Waals surface area contributed by atoms with E-state index in [0.717, 1.165) is 19.3 Å². The minimum Gasteiger partial charge on any atom is -0.506 e. The van der Waals surface area contributed by atoms with Crippen molar-refractivity contribution in [3.8, 4) is 5.75 Å². The molecular weight excluding hydrogens is 801 g/mol. The summed E-state index contributed by atoms with van der Waals surface area (Å²) >= 11 is 0. The summed E-state index contributed by atoms with van der Waals surface area (Å²) < 4.78 is 66.7. The zero-order chi connectivity index (χ0) is 43.1. The molecule has 0 spiro atoms. The molecule has 0 fully saturated rings. The van der Waals surface area contributed by atoms with Crippen LogP contribution >= 0.6 is 0 Å². The molecule has 5 aromatic carbocycles. The van der Waals surface area contributed by atoms with Gasteiger partial charge in [0.2, 0.25) is 0 Å². The number of unbranched alkanes of at least 4 members (excludes halogenated alkanes) is 14. The molecule has 5 aromatic rings. The molecule has 0 radical (unpaired) electrons. The second kappa shape index (κ2) is 22.1. The van der Waals surface area contributed by atoms with Gasteiger partial charge in [0, 0.05) is 16.8 Å². The molecule has 0 aliphatic carbocycles. The number of carbonyl (C=O) groups is 1. The fourth-order valence-electron chi connectivity index (χ4n) is 7.40. The lowest BCUT2D eigenvalue weighted by atomic mass is 10.0. The number of carbonyl (C=O) groups excluding carboxylic acids is 1. The fourth-order valence-corrected chi connectivity index (χ4v) is 8.43. The van der Waals surface area contributed by atoms with Gasteiger partial charge in [-0.2, -0.15) is 21.9 Å². The molecule has 0 saturated heterocycles. The molecule has 1 amide bonds. The topological polar surface area (TPSA) is 195 Å². The van der Waals surface area contributed by atoms with Crippen molar-refractivity contribution in [1.82, 2.24) is 0 Å². The summed E-state index contributed by atoms with van der Waals surface area (Å²) in [6, 6.07) is 21.2. The number of nitrogens with zero attached hydrogens (tertiary/aromatic N) is 2. The van der Waals surface area contributed by atoms with Crippen molar-refractivity contribution < 1.29 is 35.8 Å². The van der Waals surface area contributed by atoms with Gasteiger partial charge in [0.25, 0.3) is 26.1 Å². The summed E-state index contributed by atoms with van der Waals surface area (Å²) in [6.45, 7) is 4.27. The Morgan fingerprint density at radius 2 is 1.15 bits per heavy atom. The summed E-state index contributed by atoms with van der Waals surface area (Å²) in [5.74, 6) is -1.06. The van der Waals surface area contributed by atoms with Gasteiger partial charge in [-0.1, -0.05) is 140 Å². The average molecular weight is 859 g/mol. The number of nitrogens with one attached hydrogen (secondary N) is 2. The molecule has 0 saturated carbocycles. The number of anilines is 2. The maximum atomic E-state index is 13.9. The largest absolute Gasteiger partial charge is 0.506 e. The van der Waals surface area contributed by atoms with Gasteiger partial charge in [0.15, 0.2) is 0 Å². The van der Waals surface area contributed by atoms with Gasteiger partial charge < -0.3 is 15.7 Å². The highest BCUT2D eigenvalue weighted by Gasteiger charge is 2.21. The SMILES string of the molecule is CCCCCCCCCCCCCCCCCC(C)Nc1ccc(S(=O)(=O)O)cc1NC(=O)c1cc(N=Nc2ccc3cc(S(=O)(=O)O)ccc3c2)c2ccccc2c1O. The number of rotatable bonds is 24. The summed E-state index contributed by atoms with van der Waals surface area (Å²) in [7, 11) is -8.97. The highest BCUT2D eigenvalue weighted by Crippen LogP contribution is 2.38. The lowest BCUT2D eigenvalue weighted by molar-refractivity contribution is 0.102. The van der Waals surface area contributed by atoms with E-state index < -0.39 is 31.0 Å². The normalized spacial score (nSPS) is 12.7. The van der Waals surface area contributed by atoms with E-state index in [9.17, 15) is 35.8 Å². The maximum absolute atomic E-state index is 13.9. The van der Waals surface area contributed by atoms with Crippen LogP contribution in [-0.2, 0) is 20.2 Å². The molecule has 0 bridgehead atoms. The van der Waals surface area contributed by atoms with E-state index in [1.54, 1.807) is 42.5 Å². The monoisotopic (exact) mass is 858 g/mol. The number of amides is 1. The van der Waals surface area contributed by atoms with Crippen molar-refractivity contribution in [3.63, 3.8) is 0 Å². The van der Waals surface area contributed by atoms with Crippen molar-refractivity contribution in [2.24, 2.45) is 10.2 Å². The molecule has 1 unspecified atom stereocenters. The number of hydrogen-bond acceptors (Lipinski definition) is 9. The van der Waals surface area contributed by atoms with Crippen LogP contribution in [0.5, 0.6) is 5.75 Å². The minimum atomic E-state index is -4.60. The van der Waals surface area contributed by atoms with Crippen LogP contribution < -0.4 is 10.6 Å². The number of phenols is 1. The van der Waals surface area contributed by atoms with E-state index in [0.29, 0.717) is 32.9 Å². The molecule has 322 valence electrons. The molecule has 0 aliphatic heterocycles. The predicted molar refractivity (Wildman–Crippen MR) is 240 cm³/mol. The van der Waals surface area contributed by atoms with Gasteiger partial charge in [0.1, 0.15) is 5.75 Å². The van der Waals surface area contributed by atoms with Gasteiger partial charge in [-0.25, -0.2) is 0 Å². The van der Waals surface area contributed by atoms with E-state index in [4.69, 9.17) is 0 Å². The van der Waals surface area contributed by atoms with E-state index in [1.165, 1.54) is 126 Å². The van der Waals surface area contributed by atoms with E-state index in [2.05, 4.69) is 27.8 Å². The smallest absolute Gasteiger partial charge is 0.294 e. The van der Waals surface area contributed by atoms with E-state index in [1.807, 2.05) is 6.92 Å². The molecule has 60 heavy (non-hydrogen) atoms. The average Bonchev–Trinajstić information content (AvgIpc) is 3.21. The van der Waals surface area contributed by atoms with Crippen LogP contribution in [-0.4, -0.2) is 43.0 Å². The van der Waals surface area contributed by atoms with Gasteiger partial charge in [0.05, 0.1) is 38.1 Å². The number of aromatic hydroxyl groups is 1. The summed E-state index contributed by atoms with van der Waals surface area (Å²) in [4.78, 5) is 13.3. The highest BCUT2D eigenvalue weighted by molar-refractivity contribution is 7.86. The van der Waals surface area contributed by atoms with Crippen LogP contribution in [0.4, 0.5) is 22.7 Å². The molecule has 0 aromatic heterocycles. The zero-order valence-electron chi connectivity index (χ0n) is 34.6. The molecule has 5 rings (SSSR count). The van der Waals surface area contributed by atoms with Crippen molar-refractivity contribution in [2.45, 2.75) is 132 Å². The Hall–Kier alpha value is -4.89. The van der Waals surface area contributed by atoms with Crippen LogP contribution in [0.3, 0.4) is 0 Å². The van der Waals surface area contributed by atoms with Crippen LogP contribution in [0, 0.1) is 0 Å². The lowest BCUT2D eigenvalue weighted by Gasteiger charge is -2.19. The number of benzene rings is 5. The Kier molecular flexibility index (Phi) is 17.0.